The number of rotatable bonds is 4. The number of benzene rings is 1. The van der Waals surface area contributed by atoms with Crippen LogP contribution >= 0.6 is 0 Å². The summed E-state index contributed by atoms with van der Waals surface area (Å²) in [5, 5.41) is 18.2. The average Bonchev–Trinajstić information content (AvgIpc) is 3.13. The van der Waals surface area contributed by atoms with E-state index in [1.165, 1.54) is 11.1 Å². The number of carbonyl (C=O) groups excluding carboxylic acids is 1. The average molecular weight is 383 g/mol. The maximum atomic E-state index is 12.9. The van der Waals surface area contributed by atoms with Gasteiger partial charge in [-0.05, 0) is 75.6 Å². The van der Waals surface area contributed by atoms with Crippen molar-refractivity contribution in [3.8, 4) is 5.75 Å². The highest BCUT2D eigenvalue weighted by Gasteiger charge is 2.36. The molecule has 28 heavy (non-hydrogen) atoms. The number of aromatic amines is 1. The van der Waals surface area contributed by atoms with E-state index >= 15 is 0 Å². The van der Waals surface area contributed by atoms with Gasteiger partial charge >= 0.3 is 0 Å². The van der Waals surface area contributed by atoms with Crippen LogP contribution in [0.25, 0.3) is 0 Å². The molecule has 6 heteroatoms. The minimum absolute atomic E-state index is 0.0171. The second-order valence-electron chi connectivity index (χ2n) is 8.29. The summed E-state index contributed by atoms with van der Waals surface area (Å²) in [6, 6.07) is 5.96. The number of aliphatic hydroxyl groups is 1. The molecule has 0 atom stereocenters. The Morgan fingerprint density at radius 2 is 1.96 bits per heavy atom. The molecule has 0 radical (unpaired) electrons. The molecule has 2 aromatic rings. The Bertz CT molecular complexity index is 866. The van der Waals surface area contributed by atoms with Crippen LogP contribution in [0.2, 0.25) is 0 Å². The van der Waals surface area contributed by atoms with E-state index in [9.17, 15) is 9.90 Å². The van der Waals surface area contributed by atoms with Crippen molar-refractivity contribution in [3.05, 3.63) is 46.3 Å². The largest absolute Gasteiger partial charge is 0.491 e. The molecular formula is C22H29N3O3. The van der Waals surface area contributed by atoms with Gasteiger partial charge in [0.1, 0.15) is 18.0 Å². The van der Waals surface area contributed by atoms with E-state index in [4.69, 9.17) is 4.74 Å². The van der Waals surface area contributed by atoms with Crippen molar-refractivity contribution in [1.29, 1.82) is 0 Å². The van der Waals surface area contributed by atoms with Crippen LogP contribution in [0.3, 0.4) is 0 Å². The lowest BCUT2D eigenvalue weighted by atomic mass is 9.91. The molecule has 2 N–H and O–H groups in total. The van der Waals surface area contributed by atoms with Gasteiger partial charge in [0.2, 0.25) is 0 Å². The number of aromatic nitrogens is 2. The van der Waals surface area contributed by atoms with Crippen LogP contribution in [-0.2, 0) is 12.8 Å². The molecule has 1 saturated heterocycles. The topological polar surface area (TPSA) is 78.5 Å². The van der Waals surface area contributed by atoms with Gasteiger partial charge in [0.25, 0.3) is 5.91 Å². The predicted octanol–water partition coefficient (Wildman–Crippen LogP) is 2.95. The zero-order valence-electron chi connectivity index (χ0n) is 16.8. The molecule has 4 rings (SSSR count). The van der Waals surface area contributed by atoms with Crippen LogP contribution < -0.4 is 4.74 Å². The Morgan fingerprint density at radius 1 is 1.21 bits per heavy atom. The van der Waals surface area contributed by atoms with Crippen molar-refractivity contribution < 1.29 is 14.6 Å². The molecule has 1 aliphatic carbocycles. The molecule has 2 aliphatic rings. The van der Waals surface area contributed by atoms with Gasteiger partial charge in [0.05, 0.1) is 0 Å². The third-order valence-electron chi connectivity index (χ3n) is 6.23. The van der Waals surface area contributed by atoms with Crippen LogP contribution in [0.4, 0.5) is 0 Å². The summed E-state index contributed by atoms with van der Waals surface area (Å²) in [5.74, 6) is 0.759. The number of carbonyl (C=O) groups is 1. The number of nitrogens with zero attached hydrogens (tertiary/aromatic N) is 2. The van der Waals surface area contributed by atoms with Crippen LogP contribution in [0, 0.1) is 13.8 Å². The fraction of sp³-hybridized carbons (Fsp3) is 0.545. The van der Waals surface area contributed by atoms with Gasteiger partial charge in [-0.3, -0.25) is 9.89 Å². The number of nitrogens with one attached hydrogen (secondary N) is 1. The zero-order valence-corrected chi connectivity index (χ0v) is 16.8. The smallest absolute Gasteiger partial charge is 0.274 e. The molecule has 0 saturated carbocycles. The van der Waals surface area contributed by atoms with Crippen LogP contribution in [0.1, 0.15) is 58.6 Å². The standard InChI is InChI=1S/C22H29N3O3/c1-15-7-8-17(13-16(15)2)28-14-22(27)9-11-25(12-10-22)21(26)20-18-5-3-4-6-19(18)23-24-20/h7-8,13,27H,3-6,9-12,14H2,1-2H3,(H,23,24). The van der Waals surface area contributed by atoms with Crippen LogP contribution in [0.5, 0.6) is 5.75 Å². The monoisotopic (exact) mass is 383 g/mol. The van der Waals surface area contributed by atoms with E-state index in [-0.39, 0.29) is 12.5 Å². The minimum Gasteiger partial charge on any atom is -0.491 e. The van der Waals surface area contributed by atoms with Gasteiger partial charge in [-0.2, -0.15) is 5.10 Å². The van der Waals surface area contributed by atoms with Gasteiger partial charge in [-0.15, -0.1) is 0 Å². The lowest BCUT2D eigenvalue weighted by Crippen LogP contribution is -2.49. The van der Waals surface area contributed by atoms with E-state index in [0.29, 0.717) is 31.6 Å². The summed E-state index contributed by atoms with van der Waals surface area (Å²) in [7, 11) is 0. The number of fused-ring (bicyclic) bond motifs is 1. The number of H-pyrrole nitrogens is 1. The molecule has 1 fully saturated rings. The molecule has 150 valence electrons. The summed E-state index contributed by atoms with van der Waals surface area (Å²) in [6.45, 7) is 5.40. The Kier molecular flexibility index (Phi) is 5.15. The van der Waals surface area contributed by atoms with Crippen molar-refractivity contribution in [2.45, 2.75) is 58.0 Å². The molecule has 2 heterocycles. The molecule has 1 aromatic carbocycles. The van der Waals surface area contributed by atoms with E-state index in [1.54, 1.807) is 0 Å². The lowest BCUT2D eigenvalue weighted by Gasteiger charge is -2.37. The zero-order chi connectivity index (χ0) is 19.7. The third kappa shape index (κ3) is 3.78. The molecule has 1 amide bonds. The number of hydrogen-bond donors (Lipinski definition) is 2. The fourth-order valence-electron chi connectivity index (χ4n) is 4.10. The minimum atomic E-state index is -0.902. The maximum Gasteiger partial charge on any atom is 0.274 e. The Labute approximate surface area is 165 Å². The summed E-state index contributed by atoms with van der Waals surface area (Å²) in [4.78, 5) is 14.7. The van der Waals surface area contributed by atoms with Gasteiger partial charge in [0, 0.05) is 24.3 Å². The first-order valence-electron chi connectivity index (χ1n) is 10.2. The number of amides is 1. The molecule has 6 nitrogen and oxygen atoms in total. The number of piperidine rings is 1. The summed E-state index contributed by atoms with van der Waals surface area (Å²) in [6.07, 6.45) is 5.19. The molecular weight excluding hydrogens is 354 g/mol. The lowest BCUT2D eigenvalue weighted by molar-refractivity contribution is -0.0476. The second-order valence-corrected chi connectivity index (χ2v) is 8.29. The van der Waals surface area contributed by atoms with Gasteiger partial charge in [-0.25, -0.2) is 0 Å². The molecule has 1 aromatic heterocycles. The molecule has 0 spiro atoms. The predicted molar refractivity (Wildman–Crippen MR) is 107 cm³/mol. The quantitative estimate of drug-likeness (QED) is 0.851. The first-order valence-corrected chi connectivity index (χ1v) is 10.2. The van der Waals surface area contributed by atoms with Crippen LogP contribution in [-0.4, -0.2) is 51.4 Å². The summed E-state index contributed by atoms with van der Waals surface area (Å²) < 4.78 is 5.86. The second kappa shape index (κ2) is 7.59. The Morgan fingerprint density at radius 3 is 2.71 bits per heavy atom. The van der Waals surface area contributed by atoms with Crippen molar-refractivity contribution in [2.24, 2.45) is 0 Å². The molecule has 1 aliphatic heterocycles. The highest BCUT2D eigenvalue weighted by Crippen LogP contribution is 2.28. The van der Waals surface area contributed by atoms with Gasteiger partial charge in [0.15, 0.2) is 5.69 Å². The van der Waals surface area contributed by atoms with Gasteiger partial charge < -0.3 is 14.7 Å². The van der Waals surface area contributed by atoms with Crippen molar-refractivity contribution in [1.82, 2.24) is 15.1 Å². The summed E-state index contributed by atoms with van der Waals surface area (Å²) in [5.41, 5.74) is 4.28. The highest BCUT2D eigenvalue weighted by atomic mass is 16.5. The Hall–Kier alpha value is -2.34. The highest BCUT2D eigenvalue weighted by molar-refractivity contribution is 5.94. The number of ether oxygens (including phenoxy) is 1. The van der Waals surface area contributed by atoms with Crippen molar-refractivity contribution in [3.63, 3.8) is 0 Å². The molecule has 0 bridgehead atoms. The first kappa shape index (κ1) is 19.0. The molecule has 0 unspecified atom stereocenters. The van der Waals surface area contributed by atoms with Crippen LogP contribution in [0.15, 0.2) is 18.2 Å². The SMILES string of the molecule is Cc1ccc(OCC2(O)CCN(C(=O)c3n[nH]c4c3CCCC4)CC2)cc1C. The normalized spacial score (nSPS) is 18.6. The van der Waals surface area contributed by atoms with E-state index < -0.39 is 5.60 Å². The van der Waals surface area contributed by atoms with Gasteiger partial charge in [-0.1, -0.05) is 6.07 Å². The summed E-state index contributed by atoms with van der Waals surface area (Å²) >= 11 is 0. The van der Waals surface area contributed by atoms with E-state index in [1.807, 2.05) is 23.1 Å². The number of aryl methyl sites for hydroxylation is 3. The fourth-order valence-corrected chi connectivity index (χ4v) is 4.10. The first-order chi connectivity index (χ1) is 13.5. The van der Waals surface area contributed by atoms with Crippen molar-refractivity contribution in [2.75, 3.05) is 19.7 Å². The third-order valence-corrected chi connectivity index (χ3v) is 6.23. The number of hydrogen-bond acceptors (Lipinski definition) is 4. The Balaban J connectivity index is 1.35. The van der Waals surface area contributed by atoms with Crippen molar-refractivity contribution >= 4 is 5.91 Å². The van der Waals surface area contributed by atoms with E-state index in [0.717, 1.165) is 42.7 Å². The van der Waals surface area contributed by atoms with E-state index in [2.05, 4.69) is 24.0 Å². The maximum absolute atomic E-state index is 12.9. The number of likely N-dealkylation sites (tertiary alicyclic amines) is 1.